The van der Waals surface area contributed by atoms with Gasteiger partial charge in [-0.25, -0.2) is 4.98 Å². The van der Waals surface area contributed by atoms with E-state index >= 15 is 0 Å². The molecule has 0 aliphatic carbocycles. The predicted molar refractivity (Wildman–Crippen MR) is 105 cm³/mol. The average Bonchev–Trinajstić information content (AvgIpc) is 2.64. The van der Waals surface area contributed by atoms with E-state index in [2.05, 4.69) is 45.3 Å². The van der Waals surface area contributed by atoms with Crippen LogP contribution in [0.3, 0.4) is 0 Å². The highest BCUT2D eigenvalue weighted by Crippen LogP contribution is 2.22. The maximum absolute atomic E-state index is 6.02. The van der Waals surface area contributed by atoms with Gasteiger partial charge in [-0.1, -0.05) is 41.9 Å². The molecule has 1 heterocycles. The number of halogens is 1. The molecule has 128 valence electrons. The maximum Gasteiger partial charge on any atom is 0.231 e. The molecule has 0 radical (unpaired) electrons. The molecule has 0 fully saturated rings. The van der Waals surface area contributed by atoms with Gasteiger partial charge in [0.2, 0.25) is 5.95 Å². The summed E-state index contributed by atoms with van der Waals surface area (Å²) in [7, 11) is 0. The number of rotatable bonds is 7. The summed E-state index contributed by atoms with van der Waals surface area (Å²) in [6, 6.07) is 20.0. The Bertz CT molecular complexity index is 808. The molecule has 0 saturated carbocycles. The average molecular weight is 353 g/mol. The number of anilines is 3. The van der Waals surface area contributed by atoms with Crippen LogP contribution in [0.5, 0.6) is 0 Å². The van der Waals surface area contributed by atoms with Crippen LogP contribution in [-0.4, -0.2) is 23.1 Å². The smallest absolute Gasteiger partial charge is 0.231 e. The minimum atomic E-state index is 0.696. The van der Waals surface area contributed by atoms with Gasteiger partial charge in [-0.05, 0) is 49.2 Å². The Morgan fingerprint density at radius 1 is 1.04 bits per heavy atom. The van der Waals surface area contributed by atoms with Crippen LogP contribution in [-0.2, 0) is 6.42 Å². The van der Waals surface area contributed by atoms with Crippen LogP contribution in [0.1, 0.15) is 12.5 Å². The Morgan fingerprint density at radius 3 is 2.64 bits per heavy atom. The van der Waals surface area contributed by atoms with Crippen LogP contribution in [0.15, 0.2) is 66.9 Å². The molecule has 0 bridgehead atoms. The van der Waals surface area contributed by atoms with E-state index in [4.69, 9.17) is 11.6 Å². The van der Waals surface area contributed by atoms with Crippen molar-refractivity contribution in [2.75, 3.05) is 23.3 Å². The molecule has 1 N–H and O–H groups in total. The molecule has 0 amide bonds. The molecule has 3 rings (SSSR count). The lowest BCUT2D eigenvalue weighted by atomic mass is 10.1. The third kappa shape index (κ3) is 4.70. The Morgan fingerprint density at radius 2 is 1.88 bits per heavy atom. The normalized spacial score (nSPS) is 10.5. The number of benzene rings is 2. The van der Waals surface area contributed by atoms with Crippen molar-refractivity contribution < 1.29 is 0 Å². The van der Waals surface area contributed by atoms with E-state index in [0.29, 0.717) is 5.95 Å². The minimum absolute atomic E-state index is 0.696. The number of hydrogen-bond donors (Lipinski definition) is 1. The van der Waals surface area contributed by atoms with Crippen molar-refractivity contribution in [1.29, 1.82) is 0 Å². The van der Waals surface area contributed by atoms with Crippen LogP contribution in [0.2, 0.25) is 5.02 Å². The van der Waals surface area contributed by atoms with Gasteiger partial charge in [0.25, 0.3) is 0 Å². The van der Waals surface area contributed by atoms with Gasteiger partial charge in [-0.2, -0.15) is 4.98 Å². The lowest BCUT2D eigenvalue weighted by Gasteiger charge is -2.21. The second-order valence-corrected chi connectivity index (χ2v) is 6.06. The van der Waals surface area contributed by atoms with Crippen molar-refractivity contribution in [1.82, 2.24) is 9.97 Å². The fourth-order valence-corrected chi connectivity index (χ4v) is 2.86. The summed E-state index contributed by atoms with van der Waals surface area (Å²) in [4.78, 5) is 11.2. The van der Waals surface area contributed by atoms with E-state index in [1.54, 1.807) is 6.20 Å². The summed E-state index contributed by atoms with van der Waals surface area (Å²) in [6.45, 7) is 3.68. The van der Waals surface area contributed by atoms with Gasteiger partial charge in [0, 0.05) is 30.0 Å². The summed E-state index contributed by atoms with van der Waals surface area (Å²) < 4.78 is 0. The van der Waals surface area contributed by atoms with E-state index in [9.17, 15) is 0 Å². The first-order chi connectivity index (χ1) is 12.3. The zero-order chi connectivity index (χ0) is 17.5. The number of nitrogens with zero attached hydrogens (tertiary/aromatic N) is 3. The molecule has 0 atom stereocenters. The molecular weight excluding hydrogens is 332 g/mol. The van der Waals surface area contributed by atoms with Crippen LogP contribution < -0.4 is 10.2 Å². The number of aromatic nitrogens is 2. The molecule has 0 unspecified atom stereocenters. The lowest BCUT2D eigenvalue weighted by molar-refractivity contribution is 0.937. The van der Waals surface area contributed by atoms with Crippen molar-refractivity contribution in [3.63, 3.8) is 0 Å². The van der Waals surface area contributed by atoms with Gasteiger partial charge in [0.1, 0.15) is 5.82 Å². The Balaban J connectivity index is 1.66. The van der Waals surface area contributed by atoms with E-state index in [-0.39, 0.29) is 0 Å². The second-order valence-electron chi connectivity index (χ2n) is 5.63. The van der Waals surface area contributed by atoms with Gasteiger partial charge in [0.15, 0.2) is 0 Å². The molecule has 2 aromatic carbocycles. The SMILES string of the molecule is CCN(c1ccccc1)c1nccc(NCCc2cccc(Cl)c2)n1. The summed E-state index contributed by atoms with van der Waals surface area (Å²) >= 11 is 6.02. The van der Waals surface area contributed by atoms with Crippen molar-refractivity contribution in [3.8, 4) is 0 Å². The third-order valence-corrected chi connectivity index (χ3v) is 4.11. The summed E-state index contributed by atoms with van der Waals surface area (Å²) in [5.74, 6) is 1.52. The van der Waals surface area contributed by atoms with E-state index < -0.39 is 0 Å². The van der Waals surface area contributed by atoms with Crippen LogP contribution in [0, 0.1) is 0 Å². The first kappa shape index (κ1) is 17.2. The van der Waals surface area contributed by atoms with Gasteiger partial charge in [-0.15, -0.1) is 0 Å². The van der Waals surface area contributed by atoms with Crippen LogP contribution in [0.4, 0.5) is 17.5 Å². The number of nitrogens with one attached hydrogen (secondary N) is 1. The molecule has 0 spiro atoms. The highest BCUT2D eigenvalue weighted by atomic mass is 35.5. The van der Waals surface area contributed by atoms with Crippen molar-refractivity contribution >= 4 is 29.1 Å². The molecule has 1 aromatic heterocycles. The van der Waals surface area contributed by atoms with Crippen LogP contribution >= 0.6 is 11.6 Å². The van der Waals surface area contributed by atoms with Gasteiger partial charge >= 0.3 is 0 Å². The van der Waals surface area contributed by atoms with E-state index in [0.717, 1.165) is 36.0 Å². The Labute approximate surface area is 153 Å². The number of hydrogen-bond acceptors (Lipinski definition) is 4. The Hall–Kier alpha value is -2.59. The molecule has 25 heavy (non-hydrogen) atoms. The third-order valence-electron chi connectivity index (χ3n) is 3.88. The standard InChI is InChI=1S/C20H21ClN4/c1-2-25(18-9-4-3-5-10-18)20-23-14-12-19(24-20)22-13-11-16-7-6-8-17(21)15-16/h3-10,12,14-15H,2,11,13H2,1H3,(H,22,23,24). The largest absolute Gasteiger partial charge is 0.370 e. The fraction of sp³-hybridized carbons (Fsp3) is 0.200. The molecule has 5 heteroatoms. The minimum Gasteiger partial charge on any atom is -0.370 e. The van der Waals surface area contributed by atoms with Crippen molar-refractivity contribution in [3.05, 3.63) is 77.4 Å². The summed E-state index contributed by atoms with van der Waals surface area (Å²) in [5.41, 5.74) is 2.29. The molecule has 0 saturated heterocycles. The summed E-state index contributed by atoms with van der Waals surface area (Å²) in [5, 5.41) is 4.13. The monoisotopic (exact) mass is 352 g/mol. The lowest BCUT2D eigenvalue weighted by Crippen LogP contribution is -2.19. The first-order valence-electron chi connectivity index (χ1n) is 8.40. The molecule has 4 nitrogen and oxygen atoms in total. The molecule has 3 aromatic rings. The Kier molecular flexibility index (Phi) is 5.86. The van der Waals surface area contributed by atoms with Crippen molar-refractivity contribution in [2.45, 2.75) is 13.3 Å². The van der Waals surface area contributed by atoms with Crippen molar-refractivity contribution in [2.24, 2.45) is 0 Å². The maximum atomic E-state index is 6.02. The highest BCUT2D eigenvalue weighted by Gasteiger charge is 2.10. The van der Waals surface area contributed by atoms with Gasteiger partial charge < -0.3 is 10.2 Å². The van der Waals surface area contributed by atoms with Crippen LogP contribution in [0.25, 0.3) is 0 Å². The van der Waals surface area contributed by atoms with Gasteiger partial charge in [-0.3, -0.25) is 0 Å². The first-order valence-corrected chi connectivity index (χ1v) is 8.78. The highest BCUT2D eigenvalue weighted by molar-refractivity contribution is 6.30. The molecule has 0 aliphatic rings. The van der Waals surface area contributed by atoms with E-state index in [1.165, 1.54) is 5.56 Å². The zero-order valence-electron chi connectivity index (χ0n) is 14.2. The molecular formula is C20H21ClN4. The molecule has 0 aliphatic heterocycles. The van der Waals surface area contributed by atoms with Gasteiger partial charge in [0.05, 0.1) is 0 Å². The number of para-hydroxylation sites is 1. The quantitative estimate of drug-likeness (QED) is 0.653. The fourth-order valence-electron chi connectivity index (χ4n) is 2.65. The predicted octanol–water partition coefficient (Wildman–Crippen LogP) is 4.94. The topological polar surface area (TPSA) is 41.1 Å². The zero-order valence-corrected chi connectivity index (χ0v) is 14.9. The summed E-state index contributed by atoms with van der Waals surface area (Å²) in [6.07, 6.45) is 2.67. The second kappa shape index (κ2) is 8.49. The van der Waals surface area contributed by atoms with E-state index in [1.807, 2.05) is 42.5 Å².